The molecule has 0 saturated carbocycles. The van der Waals surface area contributed by atoms with E-state index in [-0.39, 0.29) is 36.4 Å². The minimum Gasteiger partial charge on any atom is -0.457 e. The number of sulfonamides is 1. The van der Waals surface area contributed by atoms with Crippen molar-refractivity contribution in [2.75, 3.05) is 19.7 Å². The third kappa shape index (κ3) is 5.50. The fourth-order valence-corrected chi connectivity index (χ4v) is 4.77. The Hall–Kier alpha value is -2.72. The van der Waals surface area contributed by atoms with Crippen LogP contribution in [0.5, 0.6) is 0 Å². The number of carbonyl (C=O) groups excluding carboxylic acids is 2. The largest absolute Gasteiger partial charge is 0.457 e. The van der Waals surface area contributed by atoms with Crippen LogP contribution in [0.1, 0.15) is 28.8 Å². The molecule has 1 saturated heterocycles. The number of carbonyl (C=O) groups is 2. The zero-order chi connectivity index (χ0) is 22.6. The molecule has 0 aromatic heterocycles. The van der Waals surface area contributed by atoms with Crippen LogP contribution in [0.4, 0.5) is 13.2 Å². The summed E-state index contributed by atoms with van der Waals surface area (Å²) in [4.78, 5) is 24.6. The topological polar surface area (TPSA) is 80.8 Å². The Balaban J connectivity index is 1.53. The lowest BCUT2D eigenvalue weighted by molar-refractivity contribution is -0.148. The van der Waals surface area contributed by atoms with Crippen LogP contribution in [-0.4, -0.2) is 44.2 Å². The molecule has 0 spiro atoms. The van der Waals surface area contributed by atoms with Crippen LogP contribution >= 0.6 is 0 Å². The van der Waals surface area contributed by atoms with Crippen LogP contribution in [0.25, 0.3) is 0 Å². The van der Waals surface area contributed by atoms with E-state index in [9.17, 15) is 31.2 Å². The number of rotatable bonds is 6. The van der Waals surface area contributed by atoms with Crippen LogP contribution in [0.3, 0.4) is 0 Å². The summed E-state index contributed by atoms with van der Waals surface area (Å²) in [5, 5.41) is 0. The van der Waals surface area contributed by atoms with Crippen molar-refractivity contribution >= 4 is 21.8 Å². The first kappa shape index (κ1) is 23.0. The van der Waals surface area contributed by atoms with Crippen molar-refractivity contribution in [2.45, 2.75) is 23.9 Å². The second-order valence-corrected chi connectivity index (χ2v) is 9.04. The van der Waals surface area contributed by atoms with Gasteiger partial charge in [-0.1, -0.05) is 30.3 Å². The number of nitrogens with zero attached hydrogens (tertiary/aromatic N) is 1. The SMILES string of the molecule is O=C(COC(=O)C1CCN(S(=O)(=O)c2ccccc2)CC1)c1cccc(C(F)(F)F)c1. The highest BCUT2D eigenvalue weighted by Crippen LogP contribution is 2.30. The van der Waals surface area contributed by atoms with Gasteiger partial charge in [0.05, 0.1) is 16.4 Å². The lowest BCUT2D eigenvalue weighted by atomic mass is 9.98. The van der Waals surface area contributed by atoms with Gasteiger partial charge in [0, 0.05) is 18.7 Å². The number of ketones is 1. The fraction of sp³-hybridized carbons (Fsp3) is 0.333. The third-order valence-electron chi connectivity index (χ3n) is 5.03. The van der Waals surface area contributed by atoms with Gasteiger partial charge in [0.25, 0.3) is 0 Å². The maximum atomic E-state index is 12.8. The highest BCUT2D eigenvalue weighted by molar-refractivity contribution is 7.89. The predicted molar refractivity (Wildman–Crippen MR) is 105 cm³/mol. The lowest BCUT2D eigenvalue weighted by Gasteiger charge is -2.30. The van der Waals surface area contributed by atoms with Gasteiger partial charge in [0.1, 0.15) is 0 Å². The van der Waals surface area contributed by atoms with Crippen molar-refractivity contribution in [3.05, 3.63) is 65.7 Å². The Morgan fingerprint density at radius 1 is 1.00 bits per heavy atom. The van der Waals surface area contributed by atoms with E-state index < -0.39 is 46.0 Å². The van der Waals surface area contributed by atoms with Gasteiger partial charge in [-0.25, -0.2) is 8.42 Å². The number of hydrogen-bond acceptors (Lipinski definition) is 5. The van der Waals surface area contributed by atoms with Crippen molar-refractivity contribution in [1.29, 1.82) is 0 Å². The molecule has 0 amide bonds. The molecule has 1 heterocycles. The molecule has 31 heavy (non-hydrogen) atoms. The number of ether oxygens (including phenoxy) is 1. The smallest absolute Gasteiger partial charge is 0.416 e. The van der Waals surface area contributed by atoms with Gasteiger partial charge in [-0.05, 0) is 37.1 Å². The number of hydrogen-bond donors (Lipinski definition) is 0. The Morgan fingerprint density at radius 2 is 1.65 bits per heavy atom. The molecule has 0 unspecified atom stereocenters. The molecule has 1 fully saturated rings. The van der Waals surface area contributed by atoms with Crippen molar-refractivity contribution in [2.24, 2.45) is 5.92 Å². The van der Waals surface area contributed by atoms with E-state index in [1.54, 1.807) is 18.2 Å². The van der Waals surface area contributed by atoms with Gasteiger partial charge in [0.15, 0.2) is 12.4 Å². The van der Waals surface area contributed by atoms with Crippen molar-refractivity contribution in [3.63, 3.8) is 0 Å². The Kier molecular flexibility index (Phi) is 6.80. The quantitative estimate of drug-likeness (QED) is 0.492. The Labute approximate surface area is 177 Å². The van der Waals surface area contributed by atoms with E-state index in [0.717, 1.165) is 12.1 Å². The van der Waals surface area contributed by atoms with E-state index in [1.165, 1.54) is 22.5 Å². The zero-order valence-electron chi connectivity index (χ0n) is 16.3. The van der Waals surface area contributed by atoms with Gasteiger partial charge >= 0.3 is 12.1 Å². The number of esters is 1. The van der Waals surface area contributed by atoms with Gasteiger partial charge in [-0.2, -0.15) is 17.5 Å². The molecule has 1 aliphatic rings. The molecule has 2 aromatic carbocycles. The number of alkyl halides is 3. The first-order chi connectivity index (χ1) is 14.6. The van der Waals surface area contributed by atoms with E-state index in [0.29, 0.717) is 6.07 Å². The molecule has 0 radical (unpaired) electrons. The molecule has 166 valence electrons. The summed E-state index contributed by atoms with van der Waals surface area (Å²) in [7, 11) is -3.65. The van der Waals surface area contributed by atoms with Crippen molar-refractivity contribution in [1.82, 2.24) is 4.31 Å². The summed E-state index contributed by atoms with van der Waals surface area (Å²) < 4.78 is 69.8. The average molecular weight is 455 g/mol. The highest BCUT2D eigenvalue weighted by atomic mass is 32.2. The molecular weight excluding hydrogens is 435 g/mol. The van der Waals surface area contributed by atoms with Gasteiger partial charge in [-0.15, -0.1) is 0 Å². The highest BCUT2D eigenvalue weighted by Gasteiger charge is 2.33. The lowest BCUT2D eigenvalue weighted by Crippen LogP contribution is -2.40. The summed E-state index contributed by atoms with van der Waals surface area (Å²) in [6.07, 6.45) is -4.13. The molecule has 2 aromatic rings. The van der Waals surface area contributed by atoms with Crippen LogP contribution in [0.2, 0.25) is 0 Å². The molecule has 10 heteroatoms. The van der Waals surface area contributed by atoms with Gasteiger partial charge < -0.3 is 4.74 Å². The number of piperidine rings is 1. The third-order valence-corrected chi connectivity index (χ3v) is 6.94. The molecule has 6 nitrogen and oxygen atoms in total. The Bertz CT molecular complexity index is 1050. The fourth-order valence-electron chi connectivity index (χ4n) is 3.28. The second kappa shape index (κ2) is 9.19. The molecule has 1 aliphatic heterocycles. The minimum absolute atomic E-state index is 0.124. The van der Waals surface area contributed by atoms with E-state index >= 15 is 0 Å². The molecule has 0 aliphatic carbocycles. The molecule has 0 bridgehead atoms. The summed E-state index contributed by atoms with van der Waals surface area (Å²) >= 11 is 0. The Morgan fingerprint density at radius 3 is 2.26 bits per heavy atom. The summed E-state index contributed by atoms with van der Waals surface area (Å²) in [5.74, 6) is -2.00. The van der Waals surface area contributed by atoms with Crippen LogP contribution in [0, 0.1) is 5.92 Å². The monoisotopic (exact) mass is 455 g/mol. The van der Waals surface area contributed by atoms with Crippen LogP contribution < -0.4 is 0 Å². The average Bonchev–Trinajstić information content (AvgIpc) is 2.77. The first-order valence-corrected chi connectivity index (χ1v) is 11.0. The van der Waals surface area contributed by atoms with E-state index in [4.69, 9.17) is 4.74 Å². The van der Waals surface area contributed by atoms with Crippen LogP contribution in [0.15, 0.2) is 59.5 Å². The minimum atomic E-state index is -4.58. The first-order valence-electron chi connectivity index (χ1n) is 9.51. The number of halogens is 3. The molecular formula is C21H20F3NO5S. The number of benzene rings is 2. The number of Topliss-reactive ketones (excluding diaryl/α,β-unsaturated/α-hetero) is 1. The summed E-state index contributed by atoms with van der Waals surface area (Å²) in [6.45, 7) is -0.431. The second-order valence-electron chi connectivity index (χ2n) is 7.10. The van der Waals surface area contributed by atoms with E-state index in [2.05, 4.69) is 0 Å². The summed E-state index contributed by atoms with van der Waals surface area (Å²) in [5.41, 5.74) is -1.16. The summed E-state index contributed by atoms with van der Waals surface area (Å²) in [6, 6.07) is 11.8. The molecule has 0 atom stereocenters. The standard InChI is InChI=1S/C21H20F3NO5S/c22-21(23,24)17-6-4-5-16(13-17)19(26)14-30-20(27)15-9-11-25(12-10-15)31(28,29)18-7-2-1-3-8-18/h1-8,13,15H,9-12,14H2. The normalized spacial score (nSPS) is 16.1. The zero-order valence-corrected chi connectivity index (χ0v) is 17.2. The van der Waals surface area contributed by atoms with Crippen LogP contribution in [-0.2, 0) is 25.7 Å². The van der Waals surface area contributed by atoms with Crippen molar-refractivity contribution < 1.29 is 35.9 Å². The van der Waals surface area contributed by atoms with Crippen molar-refractivity contribution in [3.8, 4) is 0 Å². The maximum Gasteiger partial charge on any atom is 0.416 e. The molecule has 0 N–H and O–H groups in total. The predicted octanol–water partition coefficient (Wildman–Crippen LogP) is 3.53. The maximum absolute atomic E-state index is 12.8. The molecule has 3 rings (SSSR count). The van der Waals surface area contributed by atoms with Gasteiger partial charge in [-0.3, -0.25) is 9.59 Å². The van der Waals surface area contributed by atoms with Gasteiger partial charge in [0.2, 0.25) is 10.0 Å². The van der Waals surface area contributed by atoms with E-state index in [1.807, 2.05) is 0 Å².